The van der Waals surface area contributed by atoms with Crippen molar-refractivity contribution in [2.75, 3.05) is 11.9 Å². The Balaban J connectivity index is 0.00000113. The van der Waals surface area contributed by atoms with E-state index < -0.39 is 17.6 Å². The fraction of sp³-hybridized carbons (Fsp3) is 0.417. The van der Waals surface area contributed by atoms with Crippen LogP contribution in [-0.4, -0.2) is 32.6 Å². The number of aliphatic carboxylic acids is 1. The molecule has 0 bridgehead atoms. The lowest BCUT2D eigenvalue weighted by atomic mass is 10.1. The van der Waals surface area contributed by atoms with Crippen LogP contribution in [-0.2, 0) is 4.79 Å². The SMILES string of the molecule is CC.CC.CC(C)C.N#Cc1cc(F)c(NCCC(=O)O)nc1-c1c[nH]c2ncc(F)cc12. The van der Waals surface area contributed by atoms with Crippen molar-refractivity contribution in [3.63, 3.8) is 0 Å². The molecular weight excluding hydrogens is 428 g/mol. The van der Waals surface area contributed by atoms with E-state index >= 15 is 0 Å². The molecule has 3 heterocycles. The molecule has 3 rings (SSSR count). The third-order valence-corrected chi connectivity index (χ3v) is 3.48. The molecule has 0 saturated carbocycles. The summed E-state index contributed by atoms with van der Waals surface area (Å²) in [6.07, 6.45) is 2.32. The van der Waals surface area contributed by atoms with E-state index in [1.165, 1.54) is 12.3 Å². The first-order valence-electron chi connectivity index (χ1n) is 10.9. The van der Waals surface area contributed by atoms with Crippen LogP contribution in [0.15, 0.2) is 24.5 Å². The highest BCUT2D eigenvalue weighted by Crippen LogP contribution is 2.31. The number of nitriles is 1. The van der Waals surface area contributed by atoms with E-state index in [0.717, 1.165) is 18.2 Å². The average Bonchev–Trinajstić information content (AvgIpc) is 3.19. The van der Waals surface area contributed by atoms with Crippen LogP contribution in [0.1, 0.15) is 60.5 Å². The molecular formula is C24H33F2N5O2. The van der Waals surface area contributed by atoms with E-state index in [9.17, 15) is 18.8 Å². The van der Waals surface area contributed by atoms with Crippen LogP contribution in [0.5, 0.6) is 0 Å². The minimum absolute atomic E-state index is 0.0331. The first-order valence-corrected chi connectivity index (χ1v) is 10.9. The van der Waals surface area contributed by atoms with Gasteiger partial charge in [0.2, 0.25) is 0 Å². The second-order valence-electron chi connectivity index (χ2n) is 6.88. The van der Waals surface area contributed by atoms with Gasteiger partial charge < -0.3 is 15.4 Å². The summed E-state index contributed by atoms with van der Waals surface area (Å²) in [4.78, 5) is 21.4. The molecule has 33 heavy (non-hydrogen) atoms. The summed E-state index contributed by atoms with van der Waals surface area (Å²) in [7, 11) is 0. The topological polar surface area (TPSA) is 115 Å². The number of fused-ring (bicyclic) bond motifs is 1. The molecule has 0 aliphatic rings. The van der Waals surface area contributed by atoms with Crippen molar-refractivity contribution >= 4 is 22.8 Å². The van der Waals surface area contributed by atoms with Gasteiger partial charge in [0.05, 0.1) is 23.9 Å². The van der Waals surface area contributed by atoms with E-state index in [1.54, 1.807) is 0 Å². The Labute approximate surface area is 193 Å². The van der Waals surface area contributed by atoms with Gasteiger partial charge in [0, 0.05) is 23.7 Å². The molecule has 0 aromatic carbocycles. The number of carboxylic acids is 1. The lowest BCUT2D eigenvalue weighted by Crippen LogP contribution is -2.10. The molecule has 3 aromatic rings. The number of carboxylic acid groups (broad SMARTS) is 1. The molecule has 0 atom stereocenters. The summed E-state index contributed by atoms with van der Waals surface area (Å²) in [5.74, 6) is -1.74. The van der Waals surface area contributed by atoms with Crippen LogP contribution < -0.4 is 5.32 Å². The Kier molecular flexibility index (Phi) is 13.7. The maximum atomic E-state index is 14.1. The lowest BCUT2D eigenvalue weighted by Gasteiger charge is -2.09. The van der Waals surface area contributed by atoms with E-state index in [-0.39, 0.29) is 30.0 Å². The van der Waals surface area contributed by atoms with Gasteiger partial charge in [-0.3, -0.25) is 4.79 Å². The summed E-state index contributed by atoms with van der Waals surface area (Å²) >= 11 is 0. The third-order valence-electron chi connectivity index (χ3n) is 3.48. The number of carbonyl (C=O) groups is 1. The Hall–Kier alpha value is -3.54. The molecule has 9 heteroatoms. The lowest BCUT2D eigenvalue weighted by molar-refractivity contribution is -0.136. The zero-order valence-corrected chi connectivity index (χ0v) is 20.3. The first-order chi connectivity index (χ1) is 15.7. The van der Waals surface area contributed by atoms with Crippen molar-refractivity contribution in [2.24, 2.45) is 5.92 Å². The maximum absolute atomic E-state index is 14.1. The fourth-order valence-corrected chi connectivity index (χ4v) is 2.37. The van der Waals surface area contributed by atoms with Gasteiger partial charge in [0.25, 0.3) is 0 Å². The number of rotatable bonds is 5. The van der Waals surface area contributed by atoms with Gasteiger partial charge in [0.15, 0.2) is 11.6 Å². The second kappa shape index (κ2) is 15.3. The highest BCUT2D eigenvalue weighted by Gasteiger charge is 2.17. The van der Waals surface area contributed by atoms with Gasteiger partial charge >= 0.3 is 5.97 Å². The number of hydrogen-bond donors (Lipinski definition) is 3. The minimum atomic E-state index is -1.04. The number of hydrogen-bond acceptors (Lipinski definition) is 5. The van der Waals surface area contributed by atoms with Crippen LogP contribution >= 0.6 is 0 Å². The predicted octanol–water partition coefficient (Wildman–Crippen LogP) is 6.38. The van der Waals surface area contributed by atoms with Crippen molar-refractivity contribution < 1.29 is 18.7 Å². The number of anilines is 1. The van der Waals surface area contributed by atoms with Crippen molar-refractivity contribution in [2.45, 2.75) is 54.9 Å². The molecule has 0 amide bonds. The van der Waals surface area contributed by atoms with Crippen LogP contribution in [0.4, 0.5) is 14.6 Å². The van der Waals surface area contributed by atoms with Gasteiger partial charge in [-0.25, -0.2) is 18.7 Å². The Bertz CT molecular complexity index is 1060. The molecule has 3 aromatic heterocycles. The second-order valence-corrected chi connectivity index (χ2v) is 6.88. The van der Waals surface area contributed by atoms with Crippen molar-refractivity contribution in [3.05, 3.63) is 41.7 Å². The van der Waals surface area contributed by atoms with Crippen LogP contribution in [0.2, 0.25) is 0 Å². The number of pyridine rings is 2. The Morgan fingerprint density at radius 3 is 2.36 bits per heavy atom. The molecule has 0 aliphatic carbocycles. The van der Waals surface area contributed by atoms with Crippen LogP contribution in [0.25, 0.3) is 22.3 Å². The summed E-state index contributed by atoms with van der Waals surface area (Å²) in [6, 6.07) is 4.08. The largest absolute Gasteiger partial charge is 0.481 e. The molecule has 0 unspecified atom stereocenters. The van der Waals surface area contributed by atoms with Gasteiger partial charge in [-0.05, 0) is 18.1 Å². The zero-order valence-electron chi connectivity index (χ0n) is 20.3. The summed E-state index contributed by atoms with van der Waals surface area (Å²) < 4.78 is 27.5. The molecule has 0 fully saturated rings. The minimum Gasteiger partial charge on any atom is -0.481 e. The number of nitrogens with one attached hydrogen (secondary N) is 2. The third kappa shape index (κ3) is 9.23. The number of aromatic nitrogens is 3. The standard InChI is InChI=1S/C16H11F2N5O2.C4H10.2C2H6/c17-9-4-10-11(7-22-15(10)21-6-9)14-8(5-19)3-12(18)16(23-14)20-2-1-13(24)25;1-4(2)3;2*1-2/h3-4,6-7H,1-2H2,(H,20,23)(H,21,22)(H,24,25);4H,1-3H3;2*1-2H3. The van der Waals surface area contributed by atoms with Crippen molar-refractivity contribution in [1.29, 1.82) is 5.26 Å². The van der Waals surface area contributed by atoms with Gasteiger partial charge in [-0.2, -0.15) is 5.26 Å². The predicted molar refractivity (Wildman–Crippen MR) is 128 cm³/mol. The van der Waals surface area contributed by atoms with Gasteiger partial charge in [-0.15, -0.1) is 0 Å². The smallest absolute Gasteiger partial charge is 0.305 e. The fourth-order valence-electron chi connectivity index (χ4n) is 2.37. The number of H-pyrrole nitrogens is 1. The molecule has 0 saturated heterocycles. The number of nitrogens with zero attached hydrogens (tertiary/aromatic N) is 3. The molecule has 0 radical (unpaired) electrons. The first kappa shape index (κ1) is 29.5. The summed E-state index contributed by atoms with van der Waals surface area (Å²) in [5, 5.41) is 20.9. The monoisotopic (exact) mass is 461 g/mol. The molecule has 3 N–H and O–H groups in total. The quantitative estimate of drug-likeness (QED) is 0.406. The van der Waals surface area contributed by atoms with Crippen molar-refractivity contribution in [3.8, 4) is 17.3 Å². The van der Waals surface area contributed by atoms with E-state index in [4.69, 9.17) is 5.11 Å². The van der Waals surface area contributed by atoms with Crippen LogP contribution in [0, 0.1) is 28.9 Å². The summed E-state index contributed by atoms with van der Waals surface area (Å²) in [6.45, 7) is 14.5. The number of aromatic amines is 1. The van der Waals surface area contributed by atoms with Crippen molar-refractivity contribution in [1.82, 2.24) is 15.0 Å². The highest BCUT2D eigenvalue weighted by atomic mass is 19.1. The Morgan fingerprint density at radius 2 is 1.82 bits per heavy atom. The number of halogens is 2. The molecule has 180 valence electrons. The normalized spacial score (nSPS) is 9.48. The highest BCUT2D eigenvalue weighted by molar-refractivity contribution is 5.94. The van der Waals surface area contributed by atoms with Crippen LogP contribution in [0.3, 0.4) is 0 Å². The van der Waals surface area contributed by atoms with Gasteiger partial charge in [-0.1, -0.05) is 48.5 Å². The van der Waals surface area contributed by atoms with Gasteiger partial charge in [0.1, 0.15) is 17.5 Å². The van der Waals surface area contributed by atoms with E-state index in [1.807, 2.05) is 33.8 Å². The van der Waals surface area contributed by atoms with E-state index in [2.05, 4.69) is 41.0 Å². The van der Waals surface area contributed by atoms with E-state index in [0.29, 0.717) is 16.6 Å². The molecule has 0 aliphatic heterocycles. The zero-order chi connectivity index (χ0) is 25.6. The summed E-state index contributed by atoms with van der Waals surface area (Å²) in [5.41, 5.74) is 0.887. The molecule has 7 nitrogen and oxygen atoms in total. The molecule has 0 spiro atoms. The Morgan fingerprint density at radius 1 is 1.21 bits per heavy atom. The average molecular weight is 462 g/mol. The maximum Gasteiger partial charge on any atom is 0.305 e.